The van der Waals surface area contributed by atoms with Gasteiger partial charge in [0.1, 0.15) is 11.3 Å². The lowest BCUT2D eigenvalue weighted by Gasteiger charge is -2.05. The first-order chi connectivity index (χ1) is 5.22. The fourth-order valence-corrected chi connectivity index (χ4v) is 1.03. The Kier molecular flexibility index (Phi) is 1.23. The third-order valence-corrected chi connectivity index (χ3v) is 1.86. The van der Waals surface area contributed by atoms with Gasteiger partial charge in [-0.25, -0.2) is 4.39 Å². The molecule has 1 aromatic rings. The van der Waals surface area contributed by atoms with Crippen LogP contribution in [0.15, 0.2) is 12.3 Å². The molecule has 0 saturated heterocycles. The molecule has 2 rings (SSSR count). The molecular weight excluding hydrogens is 145 g/mol. The molecule has 1 aliphatic rings. The van der Waals surface area contributed by atoms with Crippen molar-refractivity contribution in [3.63, 3.8) is 0 Å². The van der Waals surface area contributed by atoms with Crippen LogP contribution >= 0.6 is 0 Å². The SMILES string of the molecule is OC1(c2ncc[c]c2F)CC1. The second-order valence-corrected chi connectivity index (χ2v) is 2.78. The van der Waals surface area contributed by atoms with Crippen molar-refractivity contribution in [3.05, 3.63) is 29.8 Å². The standard InChI is InChI=1S/C8H7FNO/c9-6-2-1-5-10-7(6)8(11)3-4-8/h1,5,11H,3-4H2. The van der Waals surface area contributed by atoms with Gasteiger partial charge in [0.25, 0.3) is 0 Å². The van der Waals surface area contributed by atoms with Crippen molar-refractivity contribution in [2.45, 2.75) is 18.4 Å². The lowest BCUT2D eigenvalue weighted by Crippen LogP contribution is -2.09. The lowest BCUT2D eigenvalue weighted by molar-refractivity contribution is 0.141. The van der Waals surface area contributed by atoms with E-state index in [1.165, 1.54) is 12.3 Å². The predicted octanol–water partition coefficient (Wildman–Crippen LogP) is 1.00. The molecule has 1 fully saturated rings. The quantitative estimate of drug-likeness (QED) is 0.651. The number of pyridine rings is 1. The van der Waals surface area contributed by atoms with Gasteiger partial charge in [-0.05, 0) is 18.9 Å². The summed E-state index contributed by atoms with van der Waals surface area (Å²) in [7, 11) is 0. The van der Waals surface area contributed by atoms with Crippen LogP contribution in [0.25, 0.3) is 0 Å². The zero-order chi connectivity index (χ0) is 7.90. The molecule has 1 aliphatic carbocycles. The zero-order valence-corrected chi connectivity index (χ0v) is 5.84. The molecule has 1 N–H and O–H groups in total. The topological polar surface area (TPSA) is 33.1 Å². The molecule has 1 aromatic heterocycles. The van der Waals surface area contributed by atoms with Crippen LogP contribution in [0.5, 0.6) is 0 Å². The van der Waals surface area contributed by atoms with E-state index in [9.17, 15) is 9.50 Å². The van der Waals surface area contributed by atoms with Gasteiger partial charge in [-0.3, -0.25) is 4.98 Å². The van der Waals surface area contributed by atoms with Gasteiger partial charge in [-0.15, -0.1) is 0 Å². The van der Waals surface area contributed by atoms with Gasteiger partial charge >= 0.3 is 0 Å². The molecule has 0 atom stereocenters. The van der Waals surface area contributed by atoms with E-state index < -0.39 is 11.4 Å². The van der Waals surface area contributed by atoms with E-state index in [1.54, 1.807) is 0 Å². The second-order valence-electron chi connectivity index (χ2n) is 2.78. The Labute approximate surface area is 63.7 Å². The predicted molar refractivity (Wildman–Crippen MR) is 36.2 cm³/mol. The normalized spacial score (nSPS) is 19.8. The Balaban J connectivity index is 2.45. The molecule has 0 unspecified atom stereocenters. The van der Waals surface area contributed by atoms with Crippen molar-refractivity contribution in [1.29, 1.82) is 0 Å². The summed E-state index contributed by atoms with van der Waals surface area (Å²) in [5.41, 5.74) is -0.845. The summed E-state index contributed by atoms with van der Waals surface area (Å²) in [6.45, 7) is 0. The van der Waals surface area contributed by atoms with Crippen LogP contribution in [0.3, 0.4) is 0 Å². The van der Waals surface area contributed by atoms with Crippen LogP contribution in [-0.4, -0.2) is 10.1 Å². The first-order valence-electron chi connectivity index (χ1n) is 3.47. The van der Waals surface area contributed by atoms with E-state index in [0.29, 0.717) is 12.8 Å². The van der Waals surface area contributed by atoms with Crippen LogP contribution in [0, 0.1) is 11.9 Å². The lowest BCUT2D eigenvalue weighted by atomic mass is 10.2. The molecule has 1 heterocycles. The van der Waals surface area contributed by atoms with Crippen LogP contribution in [0.2, 0.25) is 0 Å². The molecule has 0 spiro atoms. The first kappa shape index (κ1) is 6.73. The maximum absolute atomic E-state index is 12.8. The van der Waals surface area contributed by atoms with Crippen molar-refractivity contribution in [3.8, 4) is 0 Å². The number of aromatic nitrogens is 1. The minimum absolute atomic E-state index is 0.139. The van der Waals surface area contributed by atoms with Gasteiger partial charge in [0, 0.05) is 12.3 Å². The highest BCUT2D eigenvalue weighted by Gasteiger charge is 2.45. The van der Waals surface area contributed by atoms with Crippen molar-refractivity contribution >= 4 is 0 Å². The van der Waals surface area contributed by atoms with Crippen molar-refractivity contribution in [1.82, 2.24) is 4.98 Å². The van der Waals surface area contributed by atoms with Gasteiger partial charge < -0.3 is 5.11 Å². The number of rotatable bonds is 1. The summed E-state index contributed by atoms with van der Waals surface area (Å²) in [6.07, 6.45) is 2.65. The number of nitrogens with zero attached hydrogens (tertiary/aromatic N) is 1. The molecule has 0 aliphatic heterocycles. The molecular formula is C8H7FNO. The van der Waals surface area contributed by atoms with E-state index in [-0.39, 0.29) is 5.69 Å². The van der Waals surface area contributed by atoms with Gasteiger partial charge in [-0.1, -0.05) is 0 Å². The summed E-state index contributed by atoms with van der Waals surface area (Å²) in [5, 5.41) is 9.46. The average molecular weight is 152 g/mol. The molecule has 0 bridgehead atoms. The smallest absolute Gasteiger partial charge is 0.155 e. The van der Waals surface area contributed by atoms with Gasteiger partial charge in [0.05, 0.1) is 0 Å². The summed E-state index contributed by atoms with van der Waals surface area (Å²) in [4.78, 5) is 3.76. The number of halogens is 1. The molecule has 1 radical (unpaired) electrons. The van der Waals surface area contributed by atoms with Crippen LogP contribution < -0.4 is 0 Å². The molecule has 3 heteroatoms. The molecule has 57 valence electrons. The fourth-order valence-electron chi connectivity index (χ4n) is 1.03. The molecule has 0 aromatic carbocycles. The third-order valence-electron chi connectivity index (χ3n) is 1.86. The van der Waals surface area contributed by atoms with Crippen molar-refractivity contribution < 1.29 is 9.50 Å². The van der Waals surface area contributed by atoms with Crippen molar-refractivity contribution in [2.24, 2.45) is 0 Å². The Morgan fingerprint density at radius 2 is 2.36 bits per heavy atom. The zero-order valence-electron chi connectivity index (χ0n) is 5.84. The summed E-state index contributed by atoms with van der Waals surface area (Å²) < 4.78 is 12.8. The average Bonchev–Trinajstić information content (AvgIpc) is 2.70. The van der Waals surface area contributed by atoms with Gasteiger partial charge in [0.15, 0.2) is 5.82 Å². The summed E-state index contributed by atoms with van der Waals surface area (Å²) in [5.74, 6) is -0.535. The van der Waals surface area contributed by atoms with Crippen LogP contribution in [0.1, 0.15) is 18.5 Å². The second kappa shape index (κ2) is 2.01. The third kappa shape index (κ3) is 1.01. The molecule has 11 heavy (non-hydrogen) atoms. The highest BCUT2D eigenvalue weighted by atomic mass is 19.1. The minimum Gasteiger partial charge on any atom is -0.383 e. The summed E-state index contributed by atoms with van der Waals surface area (Å²) >= 11 is 0. The number of aliphatic hydroxyl groups is 1. The van der Waals surface area contributed by atoms with Gasteiger partial charge in [0.2, 0.25) is 0 Å². The minimum atomic E-state index is -0.984. The Bertz CT molecular complexity index is 283. The maximum Gasteiger partial charge on any atom is 0.155 e. The largest absolute Gasteiger partial charge is 0.383 e. The first-order valence-corrected chi connectivity index (χ1v) is 3.47. The Morgan fingerprint density at radius 3 is 2.91 bits per heavy atom. The van der Waals surface area contributed by atoms with E-state index in [4.69, 9.17) is 0 Å². The van der Waals surface area contributed by atoms with E-state index in [1.807, 2.05) is 0 Å². The fraction of sp³-hybridized carbons (Fsp3) is 0.375. The molecule has 2 nitrogen and oxygen atoms in total. The Morgan fingerprint density at radius 1 is 1.64 bits per heavy atom. The van der Waals surface area contributed by atoms with E-state index in [2.05, 4.69) is 11.1 Å². The van der Waals surface area contributed by atoms with Gasteiger partial charge in [-0.2, -0.15) is 0 Å². The van der Waals surface area contributed by atoms with Crippen LogP contribution in [0.4, 0.5) is 4.39 Å². The highest BCUT2D eigenvalue weighted by molar-refractivity contribution is 5.20. The summed E-state index contributed by atoms with van der Waals surface area (Å²) in [6, 6.07) is 3.75. The van der Waals surface area contributed by atoms with E-state index >= 15 is 0 Å². The number of hydrogen-bond acceptors (Lipinski definition) is 2. The highest BCUT2D eigenvalue weighted by Crippen LogP contribution is 2.44. The van der Waals surface area contributed by atoms with E-state index in [0.717, 1.165) is 0 Å². The monoisotopic (exact) mass is 152 g/mol. The number of hydrogen-bond donors (Lipinski definition) is 1. The van der Waals surface area contributed by atoms with Crippen molar-refractivity contribution in [2.75, 3.05) is 0 Å². The molecule has 1 saturated carbocycles. The Hall–Kier alpha value is -0.960. The van der Waals surface area contributed by atoms with Crippen LogP contribution in [-0.2, 0) is 5.60 Å². The molecule has 0 amide bonds. The maximum atomic E-state index is 12.8.